The first-order chi connectivity index (χ1) is 9.85. The standard InChI is InChI=1S/C15H24N2O3/c1-18-9-10-20-14-3-4-15(13(11-14)12-19-2)17-7-5-16-6-8-17/h3-4,11,16H,5-10,12H2,1-2H3. The van der Waals surface area contributed by atoms with E-state index in [1.54, 1.807) is 14.2 Å². The number of rotatable bonds is 7. The lowest BCUT2D eigenvalue weighted by atomic mass is 10.1. The largest absolute Gasteiger partial charge is 0.491 e. The van der Waals surface area contributed by atoms with Crippen LogP contribution in [0.2, 0.25) is 0 Å². The van der Waals surface area contributed by atoms with Crippen LogP contribution in [0, 0.1) is 0 Å². The van der Waals surface area contributed by atoms with Gasteiger partial charge in [0.15, 0.2) is 0 Å². The number of ether oxygens (including phenoxy) is 3. The average Bonchev–Trinajstić information content (AvgIpc) is 2.49. The van der Waals surface area contributed by atoms with E-state index in [2.05, 4.69) is 22.3 Å². The fourth-order valence-electron chi connectivity index (χ4n) is 2.38. The minimum absolute atomic E-state index is 0.565. The van der Waals surface area contributed by atoms with Crippen molar-refractivity contribution in [3.8, 4) is 5.75 Å². The topological polar surface area (TPSA) is 43.0 Å². The lowest BCUT2D eigenvalue weighted by Crippen LogP contribution is -2.43. The van der Waals surface area contributed by atoms with E-state index in [1.165, 1.54) is 11.3 Å². The molecule has 1 saturated heterocycles. The van der Waals surface area contributed by atoms with Crippen LogP contribution in [0.1, 0.15) is 5.56 Å². The van der Waals surface area contributed by atoms with Crippen LogP contribution in [-0.2, 0) is 16.1 Å². The smallest absolute Gasteiger partial charge is 0.119 e. The molecule has 20 heavy (non-hydrogen) atoms. The molecule has 0 atom stereocenters. The molecule has 5 nitrogen and oxygen atoms in total. The van der Waals surface area contributed by atoms with Gasteiger partial charge in [0.1, 0.15) is 12.4 Å². The van der Waals surface area contributed by atoms with Crippen molar-refractivity contribution in [3.63, 3.8) is 0 Å². The Bertz CT molecular complexity index is 406. The predicted octanol–water partition coefficient (Wildman–Crippen LogP) is 1.27. The molecule has 1 fully saturated rings. The van der Waals surface area contributed by atoms with Gasteiger partial charge < -0.3 is 24.4 Å². The molecule has 1 aromatic carbocycles. The number of benzene rings is 1. The summed E-state index contributed by atoms with van der Waals surface area (Å²) in [6.45, 7) is 5.87. The molecule has 1 heterocycles. The fourth-order valence-corrected chi connectivity index (χ4v) is 2.38. The van der Waals surface area contributed by atoms with Crippen molar-refractivity contribution in [1.29, 1.82) is 0 Å². The van der Waals surface area contributed by atoms with E-state index in [9.17, 15) is 0 Å². The van der Waals surface area contributed by atoms with E-state index in [-0.39, 0.29) is 0 Å². The van der Waals surface area contributed by atoms with Gasteiger partial charge in [-0.3, -0.25) is 0 Å². The van der Waals surface area contributed by atoms with E-state index < -0.39 is 0 Å². The highest BCUT2D eigenvalue weighted by atomic mass is 16.5. The lowest BCUT2D eigenvalue weighted by molar-refractivity contribution is 0.146. The van der Waals surface area contributed by atoms with Gasteiger partial charge in [0.05, 0.1) is 13.2 Å². The third-order valence-corrected chi connectivity index (χ3v) is 3.36. The Balaban J connectivity index is 2.09. The molecule has 1 aromatic rings. The zero-order valence-electron chi connectivity index (χ0n) is 12.4. The first-order valence-electron chi connectivity index (χ1n) is 7.04. The van der Waals surface area contributed by atoms with Gasteiger partial charge in [-0.05, 0) is 18.2 Å². The predicted molar refractivity (Wildman–Crippen MR) is 79.6 cm³/mol. The molecule has 1 aliphatic rings. The van der Waals surface area contributed by atoms with Crippen molar-refractivity contribution < 1.29 is 14.2 Å². The number of hydrogen-bond donors (Lipinski definition) is 1. The van der Waals surface area contributed by atoms with Crippen molar-refractivity contribution in [3.05, 3.63) is 23.8 Å². The highest BCUT2D eigenvalue weighted by Gasteiger charge is 2.14. The zero-order valence-corrected chi connectivity index (χ0v) is 12.4. The third-order valence-electron chi connectivity index (χ3n) is 3.36. The van der Waals surface area contributed by atoms with Crippen LogP contribution in [0.25, 0.3) is 0 Å². The first kappa shape index (κ1) is 15.1. The second-order valence-corrected chi connectivity index (χ2v) is 4.80. The molecule has 0 unspecified atom stereocenters. The van der Waals surface area contributed by atoms with Gasteiger partial charge in [0.25, 0.3) is 0 Å². The zero-order chi connectivity index (χ0) is 14.2. The Morgan fingerprint density at radius 1 is 1.10 bits per heavy atom. The molecule has 1 N–H and O–H groups in total. The van der Waals surface area contributed by atoms with Crippen LogP contribution < -0.4 is 15.0 Å². The van der Waals surface area contributed by atoms with E-state index in [4.69, 9.17) is 14.2 Å². The summed E-state index contributed by atoms with van der Waals surface area (Å²) in [5, 5.41) is 3.37. The van der Waals surface area contributed by atoms with E-state index in [0.717, 1.165) is 31.9 Å². The molecule has 0 amide bonds. The summed E-state index contributed by atoms with van der Waals surface area (Å²) < 4.78 is 16.0. The SMILES string of the molecule is COCCOc1ccc(N2CCNCC2)c(COC)c1. The Morgan fingerprint density at radius 2 is 1.90 bits per heavy atom. The summed E-state index contributed by atoms with van der Waals surface area (Å²) in [7, 11) is 3.40. The fraction of sp³-hybridized carbons (Fsp3) is 0.600. The Hall–Kier alpha value is -1.30. The molecule has 0 saturated carbocycles. The van der Waals surface area contributed by atoms with Gasteiger partial charge in [-0.1, -0.05) is 0 Å². The monoisotopic (exact) mass is 280 g/mol. The number of nitrogens with one attached hydrogen (secondary N) is 1. The van der Waals surface area contributed by atoms with Crippen molar-refractivity contribution in [1.82, 2.24) is 5.32 Å². The summed E-state index contributed by atoms with van der Waals surface area (Å²) >= 11 is 0. The van der Waals surface area contributed by atoms with Gasteiger partial charge >= 0.3 is 0 Å². The van der Waals surface area contributed by atoms with Crippen LogP contribution in [0.4, 0.5) is 5.69 Å². The average molecular weight is 280 g/mol. The van der Waals surface area contributed by atoms with Crippen LogP contribution in [0.3, 0.4) is 0 Å². The molecule has 1 aliphatic heterocycles. The number of piperazine rings is 1. The van der Waals surface area contributed by atoms with Crippen molar-refractivity contribution in [2.75, 3.05) is 58.5 Å². The minimum Gasteiger partial charge on any atom is -0.491 e. The molecule has 5 heteroatoms. The molecular formula is C15H24N2O3. The summed E-state index contributed by atoms with van der Waals surface area (Å²) in [6, 6.07) is 6.21. The molecule has 0 aliphatic carbocycles. The number of anilines is 1. The van der Waals surface area contributed by atoms with Crippen LogP contribution >= 0.6 is 0 Å². The second kappa shape index (κ2) is 8.09. The van der Waals surface area contributed by atoms with E-state index in [1.807, 2.05) is 6.07 Å². The summed E-state index contributed by atoms with van der Waals surface area (Å²) in [4.78, 5) is 2.39. The number of hydrogen-bond acceptors (Lipinski definition) is 5. The highest BCUT2D eigenvalue weighted by molar-refractivity contribution is 5.56. The summed E-state index contributed by atoms with van der Waals surface area (Å²) in [5.74, 6) is 0.869. The summed E-state index contributed by atoms with van der Waals surface area (Å²) in [5.41, 5.74) is 2.41. The second-order valence-electron chi connectivity index (χ2n) is 4.80. The van der Waals surface area contributed by atoms with Gasteiger partial charge in [-0.15, -0.1) is 0 Å². The molecule has 0 bridgehead atoms. The van der Waals surface area contributed by atoms with Crippen molar-refractivity contribution in [2.24, 2.45) is 0 Å². The van der Waals surface area contributed by atoms with Crippen molar-refractivity contribution in [2.45, 2.75) is 6.61 Å². The lowest BCUT2D eigenvalue weighted by Gasteiger charge is -2.31. The first-order valence-corrected chi connectivity index (χ1v) is 7.04. The van der Waals surface area contributed by atoms with Gasteiger partial charge in [-0.2, -0.15) is 0 Å². The third kappa shape index (κ3) is 4.10. The molecule has 2 rings (SSSR count). The summed E-state index contributed by atoms with van der Waals surface area (Å²) in [6.07, 6.45) is 0. The van der Waals surface area contributed by atoms with E-state index >= 15 is 0 Å². The van der Waals surface area contributed by atoms with Crippen LogP contribution in [0.15, 0.2) is 18.2 Å². The maximum absolute atomic E-state index is 5.66. The van der Waals surface area contributed by atoms with E-state index in [0.29, 0.717) is 19.8 Å². The van der Waals surface area contributed by atoms with Crippen LogP contribution in [0.5, 0.6) is 5.75 Å². The van der Waals surface area contributed by atoms with Gasteiger partial charge in [0.2, 0.25) is 0 Å². The highest BCUT2D eigenvalue weighted by Crippen LogP contribution is 2.26. The molecular weight excluding hydrogens is 256 g/mol. The maximum atomic E-state index is 5.66. The Labute approximate surface area is 120 Å². The Morgan fingerprint density at radius 3 is 2.60 bits per heavy atom. The Kier molecular flexibility index (Phi) is 6.11. The van der Waals surface area contributed by atoms with Gasteiger partial charge in [-0.25, -0.2) is 0 Å². The maximum Gasteiger partial charge on any atom is 0.119 e. The van der Waals surface area contributed by atoms with Crippen LogP contribution in [-0.4, -0.2) is 53.6 Å². The number of nitrogens with zero attached hydrogens (tertiary/aromatic N) is 1. The van der Waals surface area contributed by atoms with Gasteiger partial charge in [0, 0.05) is 51.6 Å². The molecule has 0 spiro atoms. The quantitative estimate of drug-likeness (QED) is 0.762. The molecule has 112 valence electrons. The van der Waals surface area contributed by atoms with Crippen molar-refractivity contribution >= 4 is 5.69 Å². The molecule has 0 aromatic heterocycles. The minimum atomic E-state index is 0.565. The number of methoxy groups -OCH3 is 2. The molecule has 0 radical (unpaired) electrons. The normalized spacial score (nSPS) is 15.4.